The summed E-state index contributed by atoms with van der Waals surface area (Å²) >= 11 is 0. The molecule has 1 saturated carbocycles. The molecular weight excluding hydrogens is 433 g/mol. The van der Waals surface area contributed by atoms with Gasteiger partial charge in [0.15, 0.2) is 16.4 Å². The molecular formula is C30H38OSi2. The van der Waals surface area contributed by atoms with E-state index >= 15 is 0 Å². The van der Waals surface area contributed by atoms with Crippen molar-refractivity contribution in [3.05, 3.63) is 102 Å². The van der Waals surface area contributed by atoms with Gasteiger partial charge in [0.1, 0.15) is 0 Å². The number of benzene rings is 3. The minimum atomic E-state index is -2.39. The molecule has 1 fully saturated rings. The van der Waals surface area contributed by atoms with Crippen molar-refractivity contribution in [2.75, 3.05) is 0 Å². The van der Waals surface area contributed by atoms with Crippen molar-refractivity contribution in [3.63, 3.8) is 0 Å². The maximum Gasteiger partial charge on any atom is 0.192 e. The first-order valence-electron chi connectivity index (χ1n) is 12.2. The third-order valence-corrected chi connectivity index (χ3v) is 16.8. The SMILES string of the molecule is C[C@@H]1C[C@@H](O[Si](C)(C)C(C)(C)C)/C1=C\[Si](c1ccccc1)(c1ccccc1)c1ccccc1. The van der Waals surface area contributed by atoms with Gasteiger partial charge in [-0.25, -0.2) is 0 Å². The van der Waals surface area contributed by atoms with Crippen LogP contribution in [0.2, 0.25) is 18.1 Å². The minimum Gasteiger partial charge on any atom is -0.410 e. The van der Waals surface area contributed by atoms with Crippen molar-refractivity contribution in [1.82, 2.24) is 0 Å². The van der Waals surface area contributed by atoms with E-state index in [1.807, 2.05) is 0 Å². The van der Waals surface area contributed by atoms with Crippen LogP contribution in [-0.4, -0.2) is 22.5 Å². The largest absolute Gasteiger partial charge is 0.410 e. The summed E-state index contributed by atoms with van der Waals surface area (Å²) < 4.78 is 6.97. The van der Waals surface area contributed by atoms with Gasteiger partial charge in [-0.3, -0.25) is 0 Å². The lowest BCUT2D eigenvalue weighted by Crippen LogP contribution is -2.67. The predicted octanol–water partition coefficient (Wildman–Crippen LogP) is 6.05. The van der Waals surface area contributed by atoms with Gasteiger partial charge in [-0.05, 0) is 51.6 Å². The molecule has 0 spiro atoms. The Balaban J connectivity index is 1.91. The quantitative estimate of drug-likeness (QED) is 0.315. The molecule has 0 unspecified atom stereocenters. The first-order valence-corrected chi connectivity index (χ1v) is 17.2. The van der Waals surface area contributed by atoms with Crippen LogP contribution >= 0.6 is 0 Å². The Kier molecular flexibility index (Phi) is 6.68. The van der Waals surface area contributed by atoms with Gasteiger partial charge in [0.25, 0.3) is 0 Å². The second kappa shape index (κ2) is 9.21. The summed E-state index contributed by atoms with van der Waals surface area (Å²) in [5, 5.41) is 4.50. The van der Waals surface area contributed by atoms with Gasteiger partial charge < -0.3 is 4.43 Å². The Labute approximate surface area is 202 Å². The van der Waals surface area contributed by atoms with E-state index in [0.717, 1.165) is 6.42 Å². The fourth-order valence-corrected chi connectivity index (χ4v) is 10.7. The fraction of sp³-hybridized carbons (Fsp3) is 0.333. The monoisotopic (exact) mass is 470 g/mol. The zero-order valence-corrected chi connectivity index (χ0v) is 23.0. The second-order valence-corrected chi connectivity index (χ2v) is 19.4. The van der Waals surface area contributed by atoms with Crippen LogP contribution in [0.1, 0.15) is 34.1 Å². The van der Waals surface area contributed by atoms with E-state index in [4.69, 9.17) is 4.43 Å². The Bertz CT molecular complexity index is 986. The molecule has 4 rings (SSSR count). The van der Waals surface area contributed by atoms with E-state index in [-0.39, 0.29) is 11.1 Å². The molecule has 0 amide bonds. The lowest BCUT2D eigenvalue weighted by Gasteiger charge is -2.47. The van der Waals surface area contributed by atoms with Crippen molar-refractivity contribution in [2.24, 2.45) is 5.92 Å². The lowest BCUT2D eigenvalue weighted by molar-refractivity contribution is 0.130. The first kappa shape index (κ1) is 23.9. The van der Waals surface area contributed by atoms with Gasteiger partial charge in [0.2, 0.25) is 0 Å². The molecule has 3 aromatic rings. The van der Waals surface area contributed by atoms with Gasteiger partial charge in [-0.1, -0.05) is 124 Å². The summed E-state index contributed by atoms with van der Waals surface area (Å²) in [4.78, 5) is 0. The maximum atomic E-state index is 6.97. The zero-order chi connectivity index (χ0) is 23.7. The summed E-state index contributed by atoms with van der Waals surface area (Å²) in [6, 6.07) is 33.5. The summed E-state index contributed by atoms with van der Waals surface area (Å²) in [6.45, 7) is 14.1. The smallest absolute Gasteiger partial charge is 0.192 e. The summed E-state index contributed by atoms with van der Waals surface area (Å²) in [6.07, 6.45) is 1.37. The van der Waals surface area contributed by atoms with Crippen LogP contribution in [0.25, 0.3) is 0 Å². The Hall–Kier alpha value is -2.21. The van der Waals surface area contributed by atoms with Crippen molar-refractivity contribution < 1.29 is 4.43 Å². The van der Waals surface area contributed by atoms with Crippen LogP contribution in [-0.2, 0) is 4.43 Å². The number of hydrogen-bond acceptors (Lipinski definition) is 1. The molecule has 0 saturated heterocycles. The van der Waals surface area contributed by atoms with Crippen molar-refractivity contribution >= 4 is 32.0 Å². The first-order chi connectivity index (χ1) is 15.6. The Morgan fingerprint density at radius 1 is 0.727 bits per heavy atom. The van der Waals surface area contributed by atoms with E-state index in [2.05, 4.69) is 137 Å². The molecule has 33 heavy (non-hydrogen) atoms. The van der Waals surface area contributed by atoms with Crippen molar-refractivity contribution in [2.45, 2.75) is 58.4 Å². The van der Waals surface area contributed by atoms with Crippen LogP contribution in [0.4, 0.5) is 0 Å². The van der Waals surface area contributed by atoms with E-state index in [0.29, 0.717) is 5.92 Å². The highest BCUT2D eigenvalue weighted by Crippen LogP contribution is 2.44. The van der Waals surface area contributed by atoms with Gasteiger partial charge >= 0.3 is 0 Å². The van der Waals surface area contributed by atoms with Gasteiger partial charge in [-0.2, -0.15) is 0 Å². The maximum absolute atomic E-state index is 6.97. The van der Waals surface area contributed by atoms with Crippen molar-refractivity contribution in [3.8, 4) is 0 Å². The third-order valence-electron chi connectivity index (χ3n) is 7.82. The third kappa shape index (κ3) is 4.59. The molecule has 0 radical (unpaired) electrons. The van der Waals surface area contributed by atoms with E-state index < -0.39 is 16.4 Å². The standard InChI is InChI=1S/C30H38OSi2/c1-24-22-29(31-32(5,6)30(2,3)4)28(24)23-33(25-16-10-7-11-17-25,26-18-12-8-13-19-26)27-20-14-9-15-21-27/h7-21,23-24,29H,22H2,1-6H3/b28-23-/t24-,29-/m1/s1. The highest BCUT2D eigenvalue weighted by Gasteiger charge is 2.46. The minimum absolute atomic E-state index is 0.212. The molecule has 2 atom stereocenters. The van der Waals surface area contributed by atoms with Gasteiger partial charge in [0, 0.05) is 0 Å². The van der Waals surface area contributed by atoms with Crippen LogP contribution in [0.5, 0.6) is 0 Å². The normalized spacial score (nSPS) is 20.5. The molecule has 0 aliphatic heterocycles. The summed E-state index contributed by atoms with van der Waals surface area (Å²) in [7, 11) is -4.24. The molecule has 0 bridgehead atoms. The average Bonchev–Trinajstić information content (AvgIpc) is 2.80. The van der Waals surface area contributed by atoms with Gasteiger partial charge in [0.05, 0.1) is 6.10 Å². The second-order valence-electron chi connectivity index (χ2n) is 11.1. The lowest BCUT2D eigenvalue weighted by atomic mass is 9.79. The molecule has 172 valence electrons. The number of rotatable bonds is 6. The molecule has 3 heteroatoms. The molecule has 0 N–H and O–H groups in total. The molecule has 0 heterocycles. The Morgan fingerprint density at radius 3 is 1.45 bits per heavy atom. The van der Waals surface area contributed by atoms with E-state index in [1.54, 1.807) is 0 Å². The van der Waals surface area contributed by atoms with E-state index in [9.17, 15) is 0 Å². The number of hydrogen-bond donors (Lipinski definition) is 0. The molecule has 0 aromatic heterocycles. The summed E-state index contributed by atoms with van der Waals surface area (Å²) in [5.74, 6) is 0.558. The highest BCUT2D eigenvalue weighted by atomic mass is 28.4. The summed E-state index contributed by atoms with van der Waals surface area (Å²) in [5.41, 5.74) is 4.18. The van der Waals surface area contributed by atoms with Crippen LogP contribution < -0.4 is 15.6 Å². The average molecular weight is 471 g/mol. The molecule has 3 aromatic carbocycles. The van der Waals surface area contributed by atoms with Crippen LogP contribution in [0.3, 0.4) is 0 Å². The topological polar surface area (TPSA) is 9.23 Å². The highest BCUT2D eigenvalue weighted by molar-refractivity contribution is 7.14. The van der Waals surface area contributed by atoms with E-state index in [1.165, 1.54) is 21.1 Å². The predicted molar refractivity (Wildman–Crippen MR) is 148 cm³/mol. The molecule has 1 aliphatic rings. The Morgan fingerprint density at radius 2 is 1.12 bits per heavy atom. The van der Waals surface area contributed by atoms with Crippen molar-refractivity contribution in [1.29, 1.82) is 0 Å². The fourth-order valence-electron chi connectivity index (χ4n) is 4.74. The van der Waals surface area contributed by atoms with Gasteiger partial charge in [-0.15, -0.1) is 0 Å². The zero-order valence-electron chi connectivity index (χ0n) is 21.0. The van der Waals surface area contributed by atoms with Crippen LogP contribution in [0.15, 0.2) is 102 Å². The molecule has 1 aliphatic carbocycles. The molecule has 1 nitrogen and oxygen atoms in total. The van der Waals surface area contributed by atoms with Crippen LogP contribution in [0, 0.1) is 5.92 Å².